The molecule has 1 heterocycles. The van der Waals surface area contributed by atoms with Crippen molar-refractivity contribution in [3.8, 4) is 0 Å². The summed E-state index contributed by atoms with van der Waals surface area (Å²) < 4.78 is 0. The minimum atomic E-state index is -1.23. The molecule has 0 aromatic rings. The minimum Gasteiger partial charge on any atom is -0.389 e. The average Bonchev–Trinajstić information content (AvgIpc) is 2.60. The van der Waals surface area contributed by atoms with E-state index in [2.05, 4.69) is 16.0 Å². The van der Waals surface area contributed by atoms with Gasteiger partial charge < -0.3 is 26.8 Å². The number of rotatable bonds is 8. The highest BCUT2D eigenvalue weighted by molar-refractivity contribution is 6.34. The molecule has 10 heteroatoms. The van der Waals surface area contributed by atoms with E-state index in [1.807, 2.05) is 20.8 Å². The summed E-state index contributed by atoms with van der Waals surface area (Å²) in [6.45, 7) is 5.29. The summed E-state index contributed by atoms with van der Waals surface area (Å²) in [6.07, 6.45) is 1.55. The van der Waals surface area contributed by atoms with Gasteiger partial charge in [0.1, 0.15) is 12.6 Å². The van der Waals surface area contributed by atoms with Gasteiger partial charge in [0.25, 0.3) is 0 Å². The molecule has 1 aliphatic rings. The molecule has 0 aliphatic carbocycles. The number of nitrogens with two attached hydrogens (primary N) is 1. The number of ketones is 1. The fourth-order valence-electron chi connectivity index (χ4n) is 3.05. The van der Waals surface area contributed by atoms with Crippen LogP contribution in [0.25, 0.3) is 0 Å². The van der Waals surface area contributed by atoms with Crippen LogP contribution in [0.15, 0.2) is 0 Å². The molecule has 0 radical (unpaired) electrons. The number of primary amides is 1. The Kier molecular flexibility index (Phi) is 8.55. The SMILES string of the molecule is CC(C)(C)C[C@H](NC(=O)C(N)=O)C(=O)N[C@@H](C[C@@H]1CCCNC1=O)C(=O)CO. The standard InChI is InChI=1S/C18H30N4O6/c1-18(2,3)8-12(22-17(28)14(19)25)16(27)21-11(13(24)9-23)7-10-5-4-6-20-15(10)26/h10-12,23H,4-9H2,1-3H3,(H2,19,25)(H,20,26)(H,21,27)(H,22,28)/t10-,11-,12-/m0/s1. The van der Waals surface area contributed by atoms with Crippen molar-refractivity contribution in [2.24, 2.45) is 17.1 Å². The second-order valence-corrected chi connectivity index (χ2v) is 8.21. The maximum Gasteiger partial charge on any atom is 0.309 e. The molecule has 0 bridgehead atoms. The molecule has 3 atom stereocenters. The maximum absolute atomic E-state index is 12.7. The third kappa shape index (κ3) is 7.63. The molecule has 0 aromatic heterocycles. The van der Waals surface area contributed by atoms with Crippen molar-refractivity contribution in [2.45, 2.75) is 58.5 Å². The summed E-state index contributed by atoms with van der Waals surface area (Å²) in [5, 5.41) is 16.7. The first-order valence-electron chi connectivity index (χ1n) is 9.26. The Bertz CT molecular complexity index is 628. The lowest BCUT2D eigenvalue weighted by Gasteiger charge is -2.29. The van der Waals surface area contributed by atoms with Gasteiger partial charge in [-0.25, -0.2) is 0 Å². The van der Waals surface area contributed by atoms with Gasteiger partial charge in [-0.05, 0) is 31.1 Å². The van der Waals surface area contributed by atoms with Crippen LogP contribution in [0.1, 0.15) is 46.5 Å². The quantitative estimate of drug-likeness (QED) is 0.307. The molecule has 158 valence electrons. The summed E-state index contributed by atoms with van der Waals surface area (Å²) in [7, 11) is 0. The van der Waals surface area contributed by atoms with Gasteiger partial charge in [-0.15, -0.1) is 0 Å². The first kappa shape index (κ1) is 23.5. The van der Waals surface area contributed by atoms with Crippen LogP contribution in [0, 0.1) is 11.3 Å². The second-order valence-electron chi connectivity index (χ2n) is 8.21. The number of carbonyl (C=O) groups is 5. The molecule has 0 aromatic carbocycles. The third-order valence-electron chi connectivity index (χ3n) is 4.44. The molecular formula is C18H30N4O6. The monoisotopic (exact) mass is 398 g/mol. The number of hydrogen-bond acceptors (Lipinski definition) is 6. The minimum absolute atomic E-state index is 0.0446. The van der Waals surface area contributed by atoms with E-state index in [9.17, 15) is 29.1 Å². The highest BCUT2D eigenvalue weighted by Gasteiger charge is 2.33. The predicted molar refractivity (Wildman–Crippen MR) is 99.6 cm³/mol. The van der Waals surface area contributed by atoms with Gasteiger partial charge in [-0.2, -0.15) is 0 Å². The Morgan fingerprint density at radius 1 is 1.21 bits per heavy atom. The largest absolute Gasteiger partial charge is 0.389 e. The zero-order valence-electron chi connectivity index (χ0n) is 16.5. The van der Waals surface area contributed by atoms with E-state index in [-0.39, 0.29) is 24.2 Å². The summed E-state index contributed by atoms with van der Waals surface area (Å²) in [5.41, 5.74) is 4.56. The summed E-state index contributed by atoms with van der Waals surface area (Å²) in [6, 6.07) is -2.19. The normalized spacial score (nSPS) is 19.1. The topological polar surface area (TPSA) is 168 Å². The summed E-state index contributed by atoms with van der Waals surface area (Å²) in [5.74, 6) is -4.33. The van der Waals surface area contributed by atoms with E-state index in [0.717, 1.165) is 6.42 Å². The smallest absolute Gasteiger partial charge is 0.309 e. The van der Waals surface area contributed by atoms with Gasteiger partial charge in [0.15, 0.2) is 5.78 Å². The van der Waals surface area contributed by atoms with Crippen molar-refractivity contribution in [2.75, 3.05) is 13.2 Å². The Balaban J connectivity index is 2.93. The third-order valence-corrected chi connectivity index (χ3v) is 4.44. The van der Waals surface area contributed by atoms with Crippen LogP contribution >= 0.6 is 0 Å². The maximum atomic E-state index is 12.7. The second kappa shape index (κ2) is 10.2. The van der Waals surface area contributed by atoms with Gasteiger partial charge in [-0.3, -0.25) is 24.0 Å². The molecule has 28 heavy (non-hydrogen) atoms. The molecule has 1 fully saturated rings. The van der Waals surface area contributed by atoms with Crippen LogP contribution in [0.4, 0.5) is 0 Å². The Labute approximate surface area is 164 Å². The molecule has 6 N–H and O–H groups in total. The number of aliphatic hydroxyl groups excluding tert-OH is 1. The molecule has 10 nitrogen and oxygen atoms in total. The lowest BCUT2D eigenvalue weighted by Crippen LogP contribution is -2.55. The van der Waals surface area contributed by atoms with E-state index < -0.39 is 48.1 Å². The van der Waals surface area contributed by atoms with E-state index in [1.165, 1.54) is 0 Å². The number of amides is 4. The Hall–Kier alpha value is -2.49. The number of hydrogen-bond donors (Lipinski definition) is 5. The average molecular weight is 398 g/mol. The fourth-order valence-corrected chi connectivity index (χ4v) is 3.05. The lowest BCUT2D eigenvalue weighted by molar-refractivity contribution is -0.139. The van der Waals surface area contributed by atoms with Crippen LogP contribution in [-0.4, -0.2) is 59.8 Å². The molecule has 4 amide bonds. The van der Waals surface area contributed by atoms with Crippen molar-refractivity contribution in [1.82, 2.24) is 16.0 Å². The van der Waals surface area contributed by atoms with Gasteiger partial charge in [-0.1, -0.05) is 20.8 Å². The lowest BCUT2D eigenvalue weighted by atomic mass is 9.87. The van der Waals surface area contributed by atoms with Crippen molar-refractivity contribution in [1.29, 1.82) is 0 Å². The van der Waals surface area contributed by atoms with Gasteiger partial charge in [0, 0.05) is 12.5 Å². The Morgan fingerprint density at radius 2 is 1.86 bits per heavy atom. The van der Waals surface area contributed by atoms with Crippen molar-refractivity contribution in [3.63, 3.8) is 0 Å². The summed E-state index contributed by atoms with van der Waals surface area (Å²) in [4.78, 5) is 59.5. The van der Waals surface area contributed by atoms with Gasteiger partial charge >= 0.3 is 11.8 Å². The molecule has 1 aliphatic heterocycles. The van der Waals surface area contributed by atoms with Gasteiger partial charge in [0.05, 0.1) is 6.04 Å². The molecular weight excluding hydrogens is 368 g/mol. The number of piperidine rings is 1. The first-order valence-corrected chi connectivity index (χ1v) is 9.26. The van der Waals surface area contributed by atoms with Crippen molar-refractivity contribution < 1.29 is 29.1 Å². The van der Waals surface area contributed by atoms with Crippen molar-refractivity contribution in [3.05, 3.63) is 0 Å². The van der Waals surface area contributed by atoms with E-state index in [1.54, 1.807) is 0 Å². The molecule has 0 saturated carbocycles. The Morgan fingerprint density at radius 3 is 2.36 bits per heavy atom. The van der Waals surface area contributed by atoms with Gasteiger partial charge in [0.2, 0.25) is 11.8 Å². The van der Waals surface area contributed by atoms with Crippen LogP contribution in [-0.2, 0) is 24.0 Å². The van der Waals surface area contributed by atoms with Crippen LogP contribution in [0.3, 0.4) is 0 Å². The van der Waals surface area contributed by atoms with Crippen LogP contribution in [0.5, 0.6) is 0 Å². The number of nitrogens with one attached hydrogen (secondary N) is 3. The molecule has 0 unspecified atom stereocenters. The van der Waals surface area contributed by atoms with E-state index >= 15 is 0 Å². The number of aliphatic hydroxyl groups is 1. The molecule has 1 rings (SSSR count). The zero-order valence-corrected chi connectivity index (χ0v) is 16.5. The zero-order chi connectivity index (χ0) is 21.5. The highest BCUT2D eigenvalue weighted by atomic mass is 16.3. The number of Topliss-reactive ketones (excluding diaryl/α,β-unsaturated/α-hetero) is 1. The fraction of sp³-hybridized carbons (Fsp3) is 0.722. The number of carbonyl (C=O) groups excluding carboxylic acids is 5. The van der Waals surface area contributed by atoms with E-state index in [0.29, 0.717) is 13.0 Å². The van der Waals surface area contributed by atoms with Crippen LogP contribution in [0.2, 0.25) is 0 Å². The predicted octanol–water partition coefficient (Wildman–Crippen LogP) is -1.64. The van der Waals surface area contributed by atoms with Crippen molar-refractivity contribution >= 4 is 29.4 Å². The molecule has 0 spiro atoms. The molecule has 1 saturated heterocycles. The van der Waals surface area contributed by atoms with E-state index in [4.69, 9.17) is 5.73 Å². The highest BCUT2D eigenvalue weighted by Crippen LogP contribution is 2.22. The first-order chi connectivity index (χ1) is 12.9. The van der Waals surface area contributed by atoms with Crippen LogP contribution < -0.4 is 21.7 Å². The summed E-state index contributed by atoms with van der Waals surface area (Å²) >= 11 is 0.